The van der Waals surface area contributed by atoms with E-state index in [-0.39, 0.29) is 0 Å². The summed E-state index contributed by atoms with van der Waals surface area (Å²) in [4.78, 5) is 0. The molecule has 0 bridgehead atoms. The standard InChI is InChI=1S/C27H26N2O4/c1-30-22-13-11-19(26(17-22)32-3)10-12-20-16-25(29(28-20)21-8-6-5-7-9-21)24-15-14-23(31-2)18-27(24)33-4/h5-18H,1-4H3. The zero-order valence-electron chi connectivity index (χ0n) is 19.1. The maximum absolute atomic E-state index is 5.66. The summed E-state index contributed by atoms with van der Waals surface area (Å²) < 4.78 is 23.7. The number of ether oxygens (including phenoxy) is 4. The van der Waals surface area contributed by atoms with Gasteiger partial charge in [0.2, 0.25) is 0 Å². The van der Waals surface area contributed by atoms with Crippen molar-refractivity contribution in [1.82, 2.24) is 9.78 Å². The highest BCUT2D eigenvalue weighted by atomic mass is 16.5. The van der Waals surface area contributed by atoms with Gasteiger partial charge in [0, 0.05) is 23.3 Å². The largest absolute Gasteiger partial charge is 0.497 e. The fourth-order valence-electron chi connectivity index (χ4n) is 3.58. The molecule has 0 N–H and O–H groups in total. The Morgan fingerprint density at radius 1 is 0.667 bits per heavy atom. The summed E-state index contributed by atoms with van der Waals surface area (Å²) in [6.45, 7) is 0. The van der Waals surface area contributed by atoms with Crippen LogP contribution >= 0.6 is 0 Å². The van der Waals surface area contributed by atoms with Crippen LogP contribution in [-0.2, 0) is 0 Å². The maximum Gasteiger partial charge on any atom is 0.131 e. The Bertz CT molecular complexity index is 1260. The molecule has 33 heavy (non-hydrogen) atoms. The van der Waals surface area contributed by atoms with Gasteiger partial charge in [-0.05, 0) is 54.6 Å². The Hall–Kier alpha value is -4.19. The van der Waals surface area contributed by atoms with E-state index in [4.69, 9.17) is 24.0 Å². The zero-order valence-corrected chi connectivity index (χ0v) is 19.1. The van der Waals surface area contributed by atoms with Crippen LogP contribution in [0.15, 0.2) is 72.8 Å². The molecule has 0 saturated carbocycles. The van der Waals surface area contributed by atoms with Crippen LogP contribution < -0.4 is 18.9 Å². The first kappa shape index (κ1) is 22.0. The summed E-state index contributed by atoms with van der Waals surface area (Å²) >= 11 is 0. The third-order valence-corrected chi connectivity index (χ3v) is 5.29. The summed E-state index contributed by atoms with van der Waals surface area (Å²) in [5.41, 5.74) is 4.49. The van der Waals surface area contributed by atoms with Crippen molar-refractivity contribution in [1.29, 1.82) is 0 Å². The maximum atomic E-state index is 5.66. The number of rotatable bonds is 8. The minimum Gasteiger partial charge on any atom is -0.497 e. The monoisotopic (exact) mass is 442 g/mol. The number of para-hydroxylation sites is 1. The summed E-state index contributed by atoms with van der Waals surface area (Å²) in [7, 11) is 6.57. The molecule has 0 aliphatic rings. The molecule has 0 amide bonds. The molecule has 0 unspecified atom stereocenters. The highest BCUT2D eigenvalue weighted by molar-refractivity contribution is 5.76. The molecule has 1 aromatic heterocycles. The van der Waals surface area contributed by atoms with Gasteiger partial charge in [0.25, 0.3) is 0 Å². The molecular weight excluding hydrogens is 416 g/mol. The lowest BCUT2D eigenvalue weighted by Crippen LogP contribution is -2.00. The van der Waals surface area contributed by atoms with E-state index in [0.717, 1.165) is 45.5 Å². The second kappa shape index (κ2) is 9.96. The van der Waals surface area contributed by atoms with Crippen molar-refractivity contribution in [2.24, 2.45) is 0 Å². The average Bonchev–Trinajstić information content (AvgIpc) is 3.31. The van der Waals surface area contributed by atoms with Crippen LogP contribution in [-0.4, -0.2) is 38.2 Å². The molecule has 4 rings (SSSR count). The molecule has 0 spiro atoms. The second-order valence-corrected chi connectivity index (χ2v) is 7.21. The molecule has 1 heterocycles. The molecule has 3 aromatic carbocycles. The molecule has 0 aliphatic carbocycles. The van der Waals surface area contributed by atoms with E-state index in [0.29, 0.717) is 5.75 Å². The van der Waals surface area contributed by atoms with Crippen LogP contribution in [0.1, 0.15) is 11.3 Å². The molecule has 6 heteroatoms. The van der Waals surface area contributed by atoms with E-state index in [2.05, 4.69) is 0 Å². The third kappa shape index (κ3) is 4.70. The van der Waals surface area contributed by atoms with Crippen LogP contribution in [0.5, 0.6) is 23.0 Å². The number of hydrogen-bond acceptors (Lipinski definition) is 5. The second-order valence-electron chi connectivity index (χ2n) is 7.21. The van der Waals surface area contributed by atoms with E-state index in [1.54, 1.807) is 28.4 Å². The van der Waals surface area contributed by atoms with Crippen LogP contribution in [0.25, 0.3) is 29.1 Å². The topological polar surface area (TPSA) is 54.7 Å². The smallest absolute Gasteiger partial charge is 0.131 e. The zero-order chi connectivity index (χ0) is 23.2. The minimum absolute atomic E-state index is 0.707. The Balaban J connectivity index is 1.79. The highest BCUT2D eigenvalue weighted by Crippen LogP contribution is 2.35. The van der Waals surface area contributed by atoms with E-state index >= 15 is 0 Å². The average molecular weight is 443 g/mol. The van der Waals surface area contributed by atoms with Crippen molar-refractivity contribution < 1.29 is 18.9 Å². The number of nitrogens with zero attached hydrogens (tertiary/aromatic N) is 2. The first-order valence-corrected chi connectivity index (χ1v) is 10.4. The third-order valence-electron chi connectivity index (χ3n) is 5.29. The Morgan fingerprint density at radius 3 is 2.00 bits per heavy atom. The molecule has 0 saturated heterocycles. The van der Waals surface area contributed by atoms with Crippen LogP contribution in [0, 0.1) is 0 Å². The van der Waals surface area contributed by atoms with Crippen LogP contribution in [0.3, 0.4) is 0 Å². The first-order valence-electron chi connectivity index (χ1n) is 10.4. The molecule has 0 aliphatic heterocycles. The van der Waals surface area contributed by atoms with Gasteiger partial charge in [-0.1, -0.05) is 18.2 Å². The normalized spacial score (nSPS) is 10.9. The number of hydrogen-bond donors (Lipinski definition) is 0. The Morgan fingerprint density at radius 2 is 1.33 bits per heavy atom. The fraction of sp³-hybridized carbons (Fsp3) is 0.148. The van der Waals surface area contributed by atoms with E-state index < -0.39 is 0 Å². The van der Waals surface area contributed by atoms with E-state index in [9.17, 15) is 0 Å². The lowest BCUT2D eigenvalue weighted by Gasteiger charge is -2.12. The summed E-state index contributed by atoms with van der Waals surface area (Å²) in [5, 5.41) is 4.86. The quantitative estimate of drug-likeness (QED) is 0.348. The van der Waals surface area contributed by atoms with Crippen LogP contribution in [0.4, 0.5) is 0 Å². The fourth-order valence-corrected chi connectivity index (χ4v) is 3.58. The number of methoxy groups -OCH3 is 4. The van der Waals surface area contributed by atoms with Crippen molar-refractivity contribution >= 4 is 12.2 Å². The van der Waals surface area contributed by atoms with Crippen molar-refractivity contribution in [3.63, 3.8) is 0 Å². The lowest BCUT2D eigenvalue weighted by atomic mass is 10.1. The molecule has 4 aromatic rings. The Labute approximate surface area is 193 Å². The molecule has 6 nitrogen and oxygen atoms in total. The predicted octanol–water partition coefficient (Wildman–Crippen LogP) is 5.74. The molecule has 0 fully saturated rings. The van der Waals surface area contributed by atoms with Crippen molar-refractivity contribution in [2.75, 3.05) is 28.4 Å². The molecule has 168 valence electrons. The van der Waals surface area contributed by atoms with E-state index in [1.165, 1.54) is 0 Å². The number of benzene rings is 3. The molecular formula is C27H26N2O4. The molecule has 0 radical (unpaired) electrons. The van der Waals surface area contributed by atoms with Gasteiger partial charge < -0.3 is 18.9 Å². The van der Waals surface area contributed by atoms with Gasteiger partial charge in [0.1, 0.15) is 23.0 Å². The summed E-state index contributed by atoms with van der Waals surface area (Å²) in [6, 6.07) is 23.5. The lowest BCUT2D eigenvalue weighted by molar-refractivity contribution is 0.393. The SMILES string of the molecule is COc1ccc(C=Cc2cc(-c3ccc(OC)cc3OC)n(-c3ccccc3)n2)c(OC)c1. The van der Waals surface area contributed by atoms with Crippen molar-refractivity contribution in [3.8, 4) is 39.9 Å². The summed E-state index contributed by atoms with van der Waals surface area (Å²) in [5.74, 6) is 2.91. The van der Waals surface area contributed by atoms with Crippen molar-refractivity contribution in [3.05, 3.63) is 84.1 Å². The van der Waals surface area contributed by atoms with Gasteiger partial charge in [0.15, 0.2) is 0 Å². The molecule has 0 atom stereocenters. The Kier molecular flexibility index (Phi) is 6.64. The summed E-state index contributed by atoms with van der Waals surface area (Å²) in [6.07, 6.45) is 3.94. The number of aromatic nitrogens is 2. The van der Waals surface area contributed by atoms with Gasteiger partial charge in [-0.15, -0.1) is 0 Å². The van der Waals surface area contributed by atoms with Crippen LogP contribution in [0.2, 0.25) is 0 Å². The predicted molar refractivity (Wildman–Crippen MR) is 131 cm³/mol. The van der Waals surface area contributed by atoms with Gasteiger partial charge >= 0.3 is 0 Å². The van der Waals surface area contributed by atoms with Gasteiger partial charge in [0.05, 0.1) is 45.5 Å². The van der Waals surface area contributed by atoms with Gasteiger partial charge in [-0.2, -0.15) is 5.10 Å². The highest BCUT2D eigenvalue weighted by Gasteiger charge is 2.16. The van der Waals surface area contributed by atoms with Gasteiger partial charge in [-0.25, -0.2) is 4.68 Å². The first-order chi connectivity index (χ1) is 16.2. The van der Waals surface area contributed by atoms with E-state index in [1.807, 2.05) is 89.6 Å². The van der Waals surface area contributed by atoms with Gasteiger partial charge in [-0.3, -0.25) is 0 Å². The minimum atomic E-state index is 0.707. The van der Waals surface area contributed by atoms with Crippen molar-refractivity contribution in [2.45, 2.75) is 0 Å².